The highest BCUT2D eigenvalue weighted by molar-refractivity contribution is 7.17. The molecule has 0 aliphatic heterocycles. The molecule has 2 heterocycles. The third-order valence-electron chi connectivity index (χ3n) is 4.28. The number of nitrogens with zero attached hydrogens (tertiary/aromatic N) is 2. The van der Waals surface area contributed by atoms with Gasteiger partial charge in [-0.05, 0) is 43.5 Å². The van der Waals surface area contributed by atoms with Gasteiger partial charge in [0.1, 0.15) is 17.2 Å². The van der Waals surface area contributed by atoms with Crippen LogP contribution in [0.15, 0.2) is 28.4 Å². The lowest BCUT2D eigenvalue weighted by molar-refractivity contribution is -0.116. The fourth-order valence-electron chi connectivity index (χ4n) is 3.19. The molecule has 0 spiro atoms. The van der Waals surface area contributed by atoms with Gasteiger partial charge in [0, 0.05) is 17.5 Å². The van der Waals surface area contributed by atoms with E-state index in [1.807, 2.05) is 39.0 Å². The Hall–Kier alpha value is -3.00. The zero-order chi connectivity index (χ0) is 20.4. The smallest absolute Gasteiger partial charge is 0.337 e. The minimum atomic E-state index is -1.18. The molecule has 0 bridgehead atoms. The number of carboxylic acids is 1. The van der Waals surface area contributed by atoms with Gasteiger partial charge in [0.05, 0.1) is 10.9 Å². The fraction of sp³-hybridized carbons (Fsp3) is 0.300. The first-order valence-corrected chi connectivity index (χ1v) is 9.80. The van der Waals surface area contributed by atoms with Gasteiger partial charge in [-0.2, -0.15) is 0 Å². The molecule has 0 fully saturated rings. The number of rotatable bonds is 6. The van der Waals surface area contributed by atoms with Gasteiger partial charge in [0.25, 0.3) is 5.56 Å². The SMILES string of the molecule is CCCc1nc2scc(C(=O)O)c2c(=O)n1CC(=O)Nc1cc(C)cc(C)c1. The Morgan fingerprint density at radius 2 is 1.89 bits per heavy atom. The molecular formula is C20H21N3O4S. The first kappa shape index (κ1) is 19.8. The summed E-state index contributed by atoms with van der Waals surface area (Å²) >= 11 is 1.12. The fourth-order valence-corrected chi connectivity index (χ4v) is 4.11. The Labute approximate surface area is 165 Å². The zero-order valence-electron chi connectivity index (χ0n) is 15.9. The Kier molecular flexibility index (Phi) is 5.60. The average Bonchev–Trinajstić information content (AvgIpc) is 3.02. The van der Waals surface area contributed by atoms with Crippen molar-refractivity contribution in [2.45, 2.75) is 40.2 Å². The Morgan fingerprint density at radius 3 is 2.50 bits per heavy atom. The number of hydrogen-bond donors (Lipinski definition) is 2. The summed E-state index contributed by atoms with van der Waals surface area (Å²) in [5.41, 5.74) is 2.12. The van der Waals surface area contributed by atoms with E-state index in [0.717, 1.165) is 28.9 Å². The third-order valence-corrected chi connectivity index (χ3v) is 5.16. The molecule has 0 saturated heterocycles. The molecule has 2 aromatic heterocycles. The number of carboxylic acid groups (broad SMARTS) is 1. The van der Waals surface area contributed by atoms with Crippen LogP contribution in [-0.2, 0) is 17.8 Å². The van der Waals surface area contributed by atoms with E-state index in [1.165, 1.54) is 9.95 Å². The number of carbonyl (C=O) groups is 2. The van der Waals surface area contributed by atoms with E-state index < -0.39 is 11.5 Å². The standard InChI is InChI=1S/C20H21N3O4S/c1-4-5-15-22-18-17(14(10-28-18)20(26)27)19(25)23(15)9-16(24)21-13-7-11(2)6-12(3)8-13/h6-8,10H,4-5,9H2,1-3H3,(H,21,24)(H,26,27). The van der Waals surface area contributed by atoms with Crippen molar-refractivity contribution in [3.05, 3.63) is 56.4 Å². The molecule has 0 radical (unpaired) electrons. The van der Waals surface area contributed by atoms with Crippen molar-refractivity contribution in [3.8, 4) is 0 Å². The maximum atomic E-state index is 13.0. The van der Waals surface area contributed by atoms with Gasteiger partial charge >= 0.3 is 5.97 Å². The molecule has 1 amide bonds. The van der Waals surface area contributed by atoms with Crippen molar-refractivity contribution in [1.29, 1.82) is 0 Å². The lowest BCUT2D eigenvalue weighted by Crippen LogP contribution is -2.31. The molecule has 0 unspecified atom stereocenters. The first-order valence-electron chi connectivity index (χ1n) is 8.92. The second-order valence-corrected chi connectivity index (χ2v) is 7.59. The number of aromatic nitrogens is 2. The number of thiophene rings is 1. The van der Waals surface area contributed by atoms with Crippen LogP contribution >= 0.6 is 11.3 Å². The van der Waals surface area contributed by atoms with Gasteiger partial charge in [-0.3, -0.25) is 14.2 Å². The summed E-state index contributed by atoms with van der Waals surface area (Å²) in [5, 5.41) is 13.6. The minimum absolute atomic E-state index is 0.0524. The van der Waals surface area contributed by atoms with Gasteiger partial charge in [-0.1, -0.05) is 13.0 Å². The van der Waals surface area contributed by atoms with E-state index in [4.69, 9.17) is 0 Å². The number of aryl methyl sites for hydroxylation is 3. The maximum Gasteiger partial charge on any atom is 0.337 e. The summed E-state index contributed by atoms with van der Waals surface area (Å²) in [6.45, 7) is 5.61. The molecule has 7 nitrogen and oxygen atoms in total. The number of carbonyl (C=O) groups excluding carboxylic acids is 1. The van der Waals surface area contributed by atoms with Crippen molar-refractivity contribution in [3.63, 3.8) is 0 Å². The van der Waals surface area contributed by atoms with E-state index in [9.17, 15) is 19.5 Å². The van der Waals surface area contributed by atoms with E-state index in [-0.39, 0.29) is 23.4 Å². The Bertz CT molecular complexity index is 1110. The molecule has 0 atom stereocenters. The predicted molar refractivity (Wildman–Crippen MR) is 109 cm³/mol. The van der Waals surface area contributed by atoms with E-state index in [1.54, 1.807) is 0 Å². The number of aromatic carboxylic acids is 1. The van der Waals surface area contributed by atoms with Crippen LogP contribution in [0.2, 0.25) is 0 Å². The highest BCUT2D eigenvalue weighted by atomic mass is 32.1. The van der Waals surface area contributed by atoms with Crippen LogP contribution in [0.4, 0.5) is 5.69 Å². The number of benzene rings is 1. The van der Waals surface area contributed by atoms with Crippen LogP contribution in [0.25, 0.3) is 10.2 Å². The predicted octanol–water partition coefficient (Wildman–Crippen LogP) is 3.36. The molecule has 1 aromatic carbocycles. The monoisotopic (exact) mass is 399 g/mol. The van der Waals surface area contributed by atoms with Crippen LogP contribution in [0.3, 0.4) is 0 Å². The summed E-state index contributed by atoms with van der Waals surface area (Å²) in [6.07, 6.45) is 1.26. The number of amides is 1. The third kappa shape index (κ3) is 3.96. The number of nitrogens with one attached hydrogen (secondary N) is 1. The van der Waals surface area contributed by atoms with Gasteiger partial charge in [0.15, 0.2) is 0 Å². The second-order valence-electron chi connectivity index (χ2n) is 6.73. The lowest BCUT2D eigenvalue weighted by atomic mass is 10.1. The second kappa shape index (κ2) is 7.93. The zero-order valence-corrected chi connectivity index (χ0v) is 16.7. The molecule has 28 heavy (non-hydrogen) atoms. The van der Waals surface area contributed by atoms with Crippen LogP contribution < -0.4 is 10.9 Å². The minimum Gasteiger partial charge on any atom is -0.478 e. The van der Waals surface area contributed by atoms with Crippen LogP contribution in [0, 0.1) is 13.8 Å². The van der Waals surface area contributed by atoms with Gasteiger partial charge in [0.2, 0.25) is 5.91 Å². The summed E-state index contributed by atoms with van der Waals surface area (Å²) < 4.78 is 1.28. The molecule has 3 aromatic rings. The van der Waals surface area contributed by atoms with Crippen molar-refractivity contribution < 1.29 is 14.7 Å². The van der Waals surface area contributed by atoms with Gasteiger partial charge < -0.3 is 10.4 Å². The van der Waals surface area contributed by atoms with Crippen molar-refractivity contribution >= 4 is 39.1 Å². The number of anilines is 1. The molecule has 0 aliphatic rings. The molecule has 146 valence electrons. The molecule has 0 saturated carbocycles. The van der Waals surface area contributed by atoms with Crippen LogP contribution in [0.1, 0.15) is 40.7 Å². The molecular weight excluding hydrogens is 378 g/mol. The molecule has 2 N–H and O–H groups in total. The van der Waals surface area contributed by atoms with Crippen LogP contribution in [0.5, 0.6) is 0 Å². The highest BCUT2D eigenvalue weighted by Gasteiger charge is 2.20. The first-order chi connectivity index (χ1) is 13.3. The lowest BCUT2D eigenvalue weighted by Gasteiger charge is -2.13. The topological polar surface area (TPSA) is 101 Å². The summed E-state index contributed by atoms with van der Waals surface area (Å²) in [5.74, 6) is -1.06. The van der Waals surface area contributed by atoms with Gasteiger partial charge in [-0.25, -0.2) is 9.78 Å². The summed E-state index contributed by atoms with van der Waals surface area (Å²) in [4.78, 5) is 41.9. The highest BCUT2D eigenvalue weighted by Crippen LogP contribution is 2.22. The normalized spacial score (nSPS) is 11.0. The van der Waals surface area contributed by atoms with Crippen molar-refractivity contribution in [2.75, 3.05) is 5.32 Å². The molecule has 0 aliphatic carbocycles. The van der Waals surface area contributed by atoms with Crippen LogP contribution in [-0.4, -0.2) is 26.5 Å². The quantitative estimate of drug-likeness (QED) is 0.662. The molecule has 8 heteroatoms. The largest absolute Gasteiger partial charge is 0.478 e. The Balaban J connectivity index is 2.00. The van der Waals surface area contributed by atoms with Gasteiger partial charge in [-0.15, -0.1) is 11.3 Å². The van der Waals surface area contributed by atoms with Crippen molar-refractivity contribution in [2.24, 2.45) is 0 Å². The maximum absolute atomic E-state index is 13.0. The summed E-state index contributed by atoms with van der Waals surface area (Å²) in [7, 11) is 0. The average molecular weight is 399 g/mol. The number of fused-ring (bicyclic) bond motifs is 1. The van der Waals surface area contributed by atoms with E-state index >= 15 is 0 Å². The van der Waals surface area contributed by atoms with Crippen molar-refractivity contribution in [1.82, 2.24) is 9.55 Å². The summed E-state index contributed by atoms with van der Waals surface area (Å²) in [6, 6.07) is 5.70. The Morgan fingerprint density at radius 1 is 1.21 bits per heavy atom. The van der Waals surface area contributed by atoms with E-state index in [0.29, 0.717) is 22.8 Å². The molecule has 3 rings (SSSR count). The van der Waals surface area contributed by atoms with E-state index in [2.05, 4.69) is 10.3 Å². The number of hydrogen-bond acceptors (Lipinski definition) is 5.